The Balaban J connectivity index is 1.30. The smallest absolute Gasteiger partial charge is 0.264 e. The van der Waals surface area contributed by atoms with Crippen LogP contribution in [0, 0.1) is 6.92 Å². The third-order valence-corrected chi connectivity index (χ3v) is 8.83. The van der Waals surface area contributed by atoms with Crippen LogP contribution < -0.4 is 14.4 Å². The summed E-state index contributed by atoms with van der Waals surface area (Å²) in [5.41, 5.74) is 3.26. The summed E-state index contributed by atoms with van der Waals surface area (Å²) in [6.45, 7) is 1.69. The summed E-state index contributed by atoms with van der Waals surface area (Å²) in [7, 11) is -3.89. The number of nitrogens with one attached hydrogen (secondary N) is 1. The lowest BCUT2D eigenvalue weighted by atomic mass is 10.0. The first kappa shape index (κ1) is 30.5. The molecule has 0 aliphatic heterocycles. The van der Waals surface area contributed by atoms with Crippen LogP contribution in [0.5, 0.6) is 5.75 Å². The van der Waals surface area contributed by atoms with Crippen molar-refractivity contribution in [2.24, 2.45) is 0 Å². The van der Waals surface area contributed by atoms with Crippen LogP contribution in [0.4, 0.5) is 11.4 Å². The molecule has 0 aliphatic rings. The second kappa shape index (κ2) is 13.6. The van der Waals surface area contributed by atoms with E-state index in [1.165, 1.54) is 10.4 Å². The monoisotopic (exact) mass is 624 g/mol. The van der Waals surface area contributed by atoms with Gasteiger partial charge in [0.15, 0.2) is 12.4 Å². The van der Waals surface area contributed by atoms with Crippen LogP contribution in [-0.4, -0.2) is 26.7 Å². The van der Waals surface area contributed by atoms with Crippen molar-refractivity contribution in [1.29, 1.82) is 0 Å². The van der Waals surface area contributed by atoms with E-state index in [4.69, 9.17) is 16.3 Å². The van der Waals surface area contributed by atoms with Gasteiger partial charge in [0, 0.05) is 16.1 Å². The molecular weight excluding hydrogens is 596 g/mol. The molecule has 44 heavy (non-hydrogen) atoms. The minimum atomic E-state index is -3.89. The number of rotatable bonds is 11. The van der Waals surface area contributed by atoms with Crippen LogP contribution in [-0.2, 0) is 21.4 Å². The van der Waals surface area contributed by atoms with Gasteiger partial charge in [-0.1, -0.05) is 90.0 Å². The summed E-state index contributed by atoms with van der Waals surface area (Å²) in [5.74, 6) is -0.389. The van der Waals surface area contributed by atoms with Crippen molar-refractivity contribution in [3.05, 3.63) is 155 Å². The first-order valence-electron chi connectivity index (χ1n) is 13.8. The highest BCUT2D eigenvalue weighted by molar-refractivity contribution is 7.92. The summed E-state index contributed by atoms with van der Waals surface area (Å²) >= 11 is 6.14. The van der Waals surface area contributed by atoms with Gasteiger partial charge in [0.05, 0.1) is 22.8 Å². The number of nitrogens with zero attached hydrogens (tertiary/aromatic N) is 1. The summed E-state index contributed by atoms with van der Waals surface area (Å²) in [4.78, 5) is 26.1. The van der Waals surface area contributed by atoms with Crippen LogP contribution in [0.3, 0.4) is 0 Å². The lowest BCUT2D eigenvalue weighted by Gasteiger charge is -2.25. The Morgan fingerprint density at radius 3 is 2.09 bits per heavy atom. The molecule has 0 saturated carbocycles. The molecule has 0 saturated heterocycles. The van der Waals surface area contributed by atoms with Crippen LogP contribution in [0.25, 0.3) is 0 Å². The Bertz CT molecular complexity index is 1860. The first-order chi connectivity index (χ1) is 21.2. The molecule has 5 rings (SSSR count). The highest BCUT2D eigenvalue weighted by Crippen LogP contribution is 2.28. The van der Waals surface area contributed by atoms with Gasteiger partial charge in [0.25, 0.3) is 15.9 Å². The minimum absolute atomic E-state index is 0.130. The van der Waals surface area contributed by atoms with E-state index in [2.05, 4.69) is 5.32 Å². The number of carbonyl (C=O) groups is 2. The van der Waals surface area contributed by atoms with Gasteiger partial charge in [0.2, 0.25) is 0 Å². The zero-order valence-electron chi connectivity index (χ0n) is 23.8. The molecule has 0 aliphatic carbocycles. The molecule has 1 amide bonds. The van der Waals surface area contributed by atoms with Crippen molar-refractivity contribution < 1.29 is 22.7 Å². The number of benzene rings is 5. The normalized spacial score (nSPS) is 11.0. The molecular formula is C35H29ClN2O5S. The predicted octanol–water partition coefficient (Wildman–Crippen LogP) is 7.29. The number of hydrogen-bond acceptors (Lipinski definition) is 5. The zero-order chi connectivity index (χ0) is 31.1. The van der Waals surface area contributed by atoms with Crippen molar-refractivity contribution >= 4 is 44.7 Å². The number of carbonyl (C=O) groups excluding carboxylic acids is 2. The van der Waals surface area contributed by atoms with Crippen LogP contribution >= 0.6 is 11.6 Å². The summed E-state index contributed by atoms with van der Waals surface area (Å²) in [5, 5.41) is 3.09. The summed E-state index contributed by atoms with van der Waals surface area (Å²) < 4.78 is 34.5. The van der Waals surface area contributed by atoms with Gasteiger partial charge in [-0.25, -0.2) is 8.42 Å². The second-order valence-corrected chi connectivity index (χ2v) is 12.3. The van der Waals surface area contributed by atoms with Crippen molar-refractivity contribution in [2.45, 2.75) is 18.4 Å². The largest absolute Gasteiger partial charge is 0.484 e. The number of aryl methyl sites for hydroxylation is 1. The molecule has 0 atom stereocenters. The van der Waals surface area contributed by atoms with E-state index >= 15 is 0 Å². The number of hydrogen-bond donors (Lipinski definition) is 1. The molecule has 0 radical (unpaired) electrons. The molecule has 0 fully saturated rings. The maximum absolute atomic E-state index is 13.7. The van der Waals surface area contributed by atoms with E-state index in [9.17, 15) is 18.0 Å². The number of halogens is 1. The molecule has 5 aromatic rings. The second-order valence-electron chi connectivity index (χ2n) is 10.0. The molecule has 222 valence electrons. The van der Waals surface area contributed by atoms with Crippen LogP contribution in [0.15, 0.2) is 132 Å². The number of sulfonamides is 1. The molecule has 0 heterocycles. The average Bonchev–Trinajstić information content (AvgIpc) is 3.04. The highest BCUT2D eigenvalue weighted by atomic mass is 35.5. The van der Waals surface area contributed by atoms with Gasteiger partial charge in [0.1, 0.15) is 5.75 Å². The Morgan fingerprint density at radius 2 is 1.43 bits per heavy atom. The van der Waals surface area contributed by atoms with Gasteiger partial charge in [-0.3, -0.25) is 13.9 Å². The van der Waals surface area contributed by atoms with Gasteiger partial charge >= 0.3 is 0 Å². The fourth-order valence-corrected chi connectivity index (χ4v) is 6.13. The Kier molecular flexibility index (Phi) is 9.43. The zero-order valence-corrected chi connectivity index (χ0v) is 25.4. The lowest BCUT2D eigenvalue weighted by molar-refractivity contribution is -0.118. The highest BCUT2D eigenvalue weighted by Gasteiger charge is 2.25. The predicted molar refractivity (Wildman–Crippen MR) is 173 cm³/mol. The molecule has 7 nitrogen and oxygen atoms in total. The third-order valence-electron chi connectivity index (χ3n) is 6.81. The molecule has 9 heteroatoms. The van der Waals surface area contributed by atoms with Gasteiger partial charge in [-0.15, -0.1) is 0 Å². The average molecular weight is 625 g/mol. The topological polar surface area (TPSA) is 92.8 Å². The Labute approximate surface area is 261 Å². The van der Waals surface area contributed by atoms with Crippen molar-refractivity contribution in [1.82, 2.24) is 0 Å². The SMILES string of the molecule is Cc1ccc(S(=O)(=O)N(Cc2ccccc2)c2ccc(OCC(=O)Nc3ccc(Cl)cc3C(=O)c3ccccc3)cc2)cc1. The number of anilines is 2. The number of ketones is 1. The van der Waals surface area contributed by atoms with Gasteiger partial charge in [-0.05, 0) is 67.1 Å². The number of amides is 1. The quantitative estimate of drug-likeness (QED) is 0.156. The summed E-state index contributed by atoms with van der Waals surface area (Å²) in [6.07, 6.45) is 0. The fourth-order valence-electron chi connectivity index (χ4n) is 4.50. The van der Waals surface area contributed by atoms with E-state index < -0.39 is 15.9 Å². The van der Waals surface area contributed by atoms with Gasteiger partial charge in [-0.2, -0.15) is 0 Å². The Hall–Kier alpha value is -4.92. The van der Waals surface area contributed by atoms with E-state index in [0.717, 1.165) is 11.1 Å². The van der Waals surface area contributed by atoms with Crippen LogP contribution in [0.2, 0.25) is 5.02 Å². The van der Waals surface area contributed by atoms with E-state index in [1.807, 2.05) is 43.3 Å². The first-order valence-corrected chi connectivity index (χ1v) is 15.6. The molecule has 0 unspecified atom stereocenters. The fraction of sp³-hybridized carbons (Fsp3) is 0.0857. The van der Waals surface area contributed by atoms with Crippen molar-refractivity contribution in [3.63, 3.8) is 0 Å². The molecule has 0 aromatic heterocycles. The third kappa shape index (κ3) is 7.34. The van der Waals surface area contributed by atoms with E-state index in [1.54, 1.807) is 84.9 Å². The van der Waals surface area contributed by atoms with E-state index in [-0.39, 0.29) is 29.4 Å². The standard InChI is InChI=1S/C35H29ClN2O5S/c1-25-12-19-31(20-13-25)44(41,42)38(23-26-8-4-2-5-9-26)29-15-17-30(18-16-29)43-24-34(39)37-33-21-14-28(36)22-32(33)35(40)27-10-6-3-7-11-27/h2-22H,23-24H2,1H3,(H,37,39). The van der Waals surface area contributed by atoms with E-state index in [0.29, 0.717) is 27.7 Å². The maximum Gasteiger partial charge on any atom is 0.264 e. The van der Waals surface area contributed by atoms with Crippen LogP contribution in [0.1, 0.15) is 27.0 Å². The number of ether oxygens (including phenoxy) is 1. The lowest BCUT2D eigenvalue weighted by Crippen LogP contribution is -2.30. The van der Waals surface area contributed by atoms with Gasteiger partial charge < -0.3 is 10.1 Å². The molecule has 1 N–H and O–H groups in total. The molecule has 0 bridgehead atoms. The molecule has 5 aromatic carbocycles. The minimum Gasteiger partial charge on any atom is -0.484 e. The van der Waals surface area contributed by atoms with Crippen molar-refractivity contribution in [3.8, 4) is 5.75 Å². The Morgan fingerprint density at radius 1 is 0.795 bits per heavy atom. The maximum atomic E-state index is 13.7. The van der Waals surface area contributed by atoms with Crippen molar-refractivity contribution in [2.75, 3.05) is 16.2 Å². The molecule has 0 spiro atoms. The summed E-state index contributed by atoms with van der Waals surface area (Å²) in [6, 6.07) is 35.9.